The summed E-state index contributed by atoms with van der Waals surface area (Å²) in [6.45, 7) is 0. The summed E-state index contributed by atoms with van der Waals surface area (Å²) < 4.78 is 5.36. The summed E-state index contributed by atoms with van der Waals surface area (Å²) in [6, 6.07) is 16.8. The van der Waals surface area contributed by atoms with E-state index < -0.39 is 23.8 Å². The van der Waals surface area contributed by atoms with E-state index in [0.29, 0.717) is 11.1 Å². The van der Waals surface area contributed by atoms with Crippen LogP contribution in [0.5, 0.6) is 0 Å². The summed E-state index contributed by atoms with van der Waals surface area (Å²) >= 11 is 0. The van der Waals surface area contributed by atoms with Crippen LogP contribution in [0.15, 0.2) is 60.7 Å². The molecule has 2 aromatic rings. The summed E-state index contributed by atoms with van der Waals surface area (Å²) in [6.07, 6.45) is 3.51. The number of hydrogen-bond donors (Lipinski definition) is 1. The largest absolute Gasteiger partial charge is 0.440 e. The summed E-state index contributed by atoms with van der Waals surface area (Å²) in [7, 11) is 0. The predicted octanol–water partition coefficient (Wildman–Crippen LogP) is 3.54. The second-order valence-electron chi connectivity index (χ2n) is 6.73. The third-order valence-electron chi connectivity index (χ3n) is 4.72. The number of nitrogens with one attached hydrogen (secondary N) is 1. The van der Waals surface area contributed by atoms with Gasteiger partial charge in [0.15, 0.2) is 0 Å². The maximum atomic E-state index is 12.9. The summed E-state index contributed by atoms with van der Waals surface area (Å²) in [5.74, 6) is -1.77. The SMILES string of the molecule is O=C(OC(C(=O)NC1CCCCC1)C(=O)c1ccccc1)c1ccccc1. The van der Waals surface area contributed by atoms with E-state index in [9.17, 15) is 14.4 Å². The minimum Gasteiger partial charge on any atom is -0.440 e. The van der Waals surface area contributed by atoms with Gasteiger partial charge in [-0.05, 0) is 25.0 Å². The molecule has 1 atom stereocenters. The second kappa shape index (κ2) is 9.12. The molecule has 140 valence electrons. The Morgan fingerprint density at radius 1 is 0.815 bits per heavy atom. The normalized spacial score (nSPS) is 15.6. The number of ether oxygens (including phenoxy) is 1. The van der Waals surface area contributed by atoms with Crippen molar-refractivity contribution in [2.75, 3.05) is 0 Å². The van der Waals surface area contributed by atoms with E-state index in [0.717, 1.165) is 32.1 Å². The van der Waals surface area contributed by atoms with Crippen LogP contribution in [0.25, 0.3) is 0 Å². The molecule has 5 nitrogen and oxygen atoms in total. The average Bonchev–Trinajstić information content (AvgIpc) is 2.73. The number of ketones is 1. The van der Waals surface area contributed by atoms with Crippen molar-refractivity contribution in [1.29, 1.82) is 0 Å². The minimum atomic E-state index is -1.50. The average molecular weight is 365 g/mol. The molecular weight excluding hydrogens is 342 g/mol. The highest BCUT2D eigenvalue weighted by Crippen LogP contribution is 2.18. The third-order valence-corrected chi connectivity index (χ3v) is 4.72. The maximum absolute atomic E-state index is 12.9. The van der Waals surface area contributed by atoms with Crippen LogP contribution in [0, 0.1) is 0 Å². The Labute approximate surface area is 158 Å². The lowest BCUT2D eigenvalue weighted by Crippen LogP contribution is -2.47. The molecule has 1 aliphatic rings. The molecule has 1 unspecified atom stereocenters. The molecule has 3 rings (SSSR count). The van der Waals surface area contributed by atoms with Crippen LogP contribution in [0.4, 0.5) is 0 Å². The first-order valence-electron chi connectivity index (χ1n) is 9.31. The molecule has 1 amide bonds. The first-order chi connectivity index (χ1) is 13.1. The number of amides is 1. The van der Waals surface area contributed by atoms with Crippen molar-refractivity contribution >= 4 is 17.7 Å². The number of benzene rings is 2. The molecule has 0 bridgehead atoms. The zero-order valence-electron chi connectivity index (χ0n) is 15.1. The van der Waals surface area contributed by atoms with Crippen molar-refractivity contribution in [3.8, 4) is 0 Å². The van der Waals surface area contributed by atoms with E-state index in [4.69, 9.17) is 4.74 Å². The fourth-order valence-corrected chi connectivity index (χ4v) is 3.25. The van der Waals surface area contributed by atoms with E-state index in [1.807, 2.05) is 0 Å². The van der Waals surface area contributed by atoms with Crippen LogP contribution in [0.2, 0.25) is 0 Å². The molecule has 0 aliphatic heterocycles. The van der Waals surface area contributed by atoms with Gasteiger partial charge in [-0.25, -0.2) is 4.79 Å². The van der Waals surface area contributed by atoms with Crippen LogP contribution >= 0.6 is 0 Å². The van der Waals surface area contributed by atoms with Gasteiger partial charge in [0.2, 0.25) is 11.9 Å². The molecule has 2 aromatic carbocycles. The van der Waals surface area contributed by atoms with Crippen LogP contribution in [-0.4, -0.2) is 29.8 Å². The zero-order chi connectivity index (χ0) is 19.1. The molecule has 0 spiro atoms. The Balaban J connectivity index is 1.78. The lowest BCUT2D eigenvalue weighted by Gasteiger charge is -2.25. The summed E-state index contributed by atoms with van der Waals surface area (Å²) in [5.41, 5.74) is 0.635. The topological polar surface area (TPSA) is 72.5 Å². The van der Waals surface area contributed by atoms with Gasteiger partial charge >= 0.3 is 5.97 Å². The van der Waals surface area contributed by atoms with E-state index in [1.54, 1.807) is 60.7 Å². The van der Waals surface area contributed by atoms with Crippen LogP contribution < -0.4 is 5.32 Å². The van der Waals surface area contributed by atoms with Gasteiger partial charge in [-0.1, -0.05) is 67.8 Å². The fraction of sp³-hybridized carbons (Fsp3) is 0.318. The van der Waals surface area contributed by atoms with E-state index in [1.165, 1.54) is 0 Å². The van der Waals surface area contributed by atoms with Crippen molar-refractivity contribution < 1.29 is 19.1 Å². The molecule has 0 saturated heterocycles. The van der Waals surface area contributed by atoms with Crippen molar-refractivity contribution in [3.05, 3.63) is 71.8 Å². The maximum Gasteiger partial charge on any atom is 0.339 e. The van der Waals surface area contributed by atoms with Crippen molar-refractivity contribution in [2.24, 2.45) is 0 Å². The Bertz CT molecular complexity index is 782. The molecule has 5 heteroatoms. The van der Waals surface area contributed by atoms with E-state index in [2.05, 4.69) is 5.32 Å². The van der Waals surface area contributed by atoms with E-state index >= 15 is 0 Å². The molecule has 27 heavy (non-hydrogen) atoms. The van der Waals surface area contributed by atoms with Gasteiger partial charge < -0.3 is 10.1 Å². The lowest BCUT2D eigenvalue weighted by atomic mass is 9.95. The molecular formula is C22H23NO4. The highest BCUT2D eigenvalue weighted by Gasteiger charge is 2.33. The molecule has 1 aliphatic carbocycles. The summed E-state index contributed by atoms with van der Waals surface area (Å²) in [4.78, 5) is 38.1. The molecule has 1 saturated carbocycles. The quantitative estimate of drug-likeness (QED) is 0.483. The summed E-state index contributed by atoms with van der Waals surface area (Å²) in [5, 5.41) is 2.89. The zero-order valence-corrected chi connectivity index (χ0v) is 15.1. The Kier molecular flexibility index (Phi) is 6.36. The van der Waals surface area contributed by atoms with Gasteiger partial charge in [0.25, 0.3) is 5.91 Å². The van der Waals surface area contributed by atoms with Gasteiger partial charge in [-0.15, -0.1) is 0 Å². The number of carbonyl (C=O) groups is 3. The van der Waals surface area contributed by atoms with Gasteiger partial charge in [0.05, 0.1) is 5.56 Å². The first-order valence-corrected chi connectivity index (χ1v) is 9.31. The molecule has 0 aromatic heterocycles. The smallest absolute Gasteiger partial charge is 0.339 e. The molecule has 0 radical (unpaired) electrons. The highest BCUT2D eigenvalue weighted by molar-refractivity contribution is 6.14. The Morgan fingerprint density at radius 2 is 1.37 bits per heavy atom. The monoisotopic (exact) mass is 365 g/mol. The number of carbonyl (C=O) groups excluding carboxylic acids is 3. The first kappa shape index (κ1) is 18.8. The minimum absolute atomic E-state index is 0.0211. The molecule has 1 fully saturated rings. The lowest BCUT2D eigenvalue weighted by molar-refractivity contribution is -0.128. The Morgan fingerprint density at radius 3 is 1.96 bits per heavy atom. The third kappa shape index (κ3) is 5.03. The number of hydrogen-bond acceptors (Lipinski definition) is 4. The van der Waals surface area contributed by atoms with Gasteiger partial charge in [0, 0.05) is 11.6 Å². The fourth-order valence-electron chi connectivity index (χ4n) is 3.25. The van der Waals surface area contributed by atoms with Crippen LogP contribution in [-0.2, 0) is 9.53 Å². The Hall–Kier alpha value is -2.95. The predicted molar refractivity (Wildman–Crippen MR) is 101 cm³/mol. The second-order valence-corrected chi connectivity index (χ2v) is 6.73. The number of esters is 1. The standard InChI is InChI=1S/C22H23NO4/c24-19(16-10-4-1-5-11-16)20(21(25)23-18-14-8-3-9-15-18)27-22(26)17-12-6-2-7-13-17/h1-2,4-7,10-13,18,20H,3,8-9,14-15H2,(H,23,25). The van der Waals surface area contributed by atoms with Gasteiger partial charge in [-0.3, -0.25) is 9.59 Å². The van der Waals surface area contributed by atoms with Crippen LogP contribution in [0.3, 0.4) is 0 Å². The van der Waals surface area contributed by atoms with E-state index in [-0.39, 0.29) is 6.04 Å². The number of rotatable bonds is 6. The van der Waals surface area contributed by atoms with Gasteiger partial charge in [-0.2, -0.15) is 0 Å². The number of Topliss-reactive ketones (excluding diaryl/α,β-unsaturated/α-hetero) is 1. The van der Waals surface area contributed by atoms with Crippen molar-refractivity contribution in [1.82, 2.24) is 5.32 Å². The molecule has 0 heterocycles. The highest BCUT2D eigenvalue weighted by atomic mass is 16.6. The van der Waals surface area contributed by atoms with Crippen molar-refractivity contribution in [2.45, 2.75) is 44.2 Å². The van der Waals surface area contributed by atoms with Gasteiger partial charge in [0.1, 0.15) is 0 Å². The van der Waals surface area contributed by atoms with Crippen LogP contribution in [0.1, 0.15) is 52.8 Å². The van der Waals surface area contributed by atoms with Crippen molar-refractivity contribution in [3.63, 3.8) is 0 Å². The molecule has 1 N–H and O–H groups in total.